The zero-order valence-electron chi connectivity index (χ0n) is 9.47. The summed E-state index contributed by atoms with van der Waals surface area (Å²) < 4.78 is 18.7. The topological polar surface area (TPSA) is 38.3 Å². The van der Waals surface area contributed by atoms with Crippen LogP contribution in [0.2, 0.25) is 0 Å². The van der Waals surface area contributed by atoms with Crippen LogP contribution in [-0.4, -0.2) is 19.6 Å². The number of hydrogen-bond donors (Lipinski definition) is 1. The summed E-state index contributed by atoms with van der Waals surface area (Å²) in [6, 6.07) is 5.89. The van der Waals surface area contributed by atoms with E-state index in [2.05, 4.69) is 11.4 Å². The molecule has 0 fully saturated rings. The Bertz CT molecular complexity index is 366. The van der Waals surface area contributed by atoms with E-state index < -0.39 is 0 Å². The molecule has 1 N–H and O–H groups in total. The van der Waals surface area contributed by atoms with E-state index in [-0.39, 0.29) is 17.5 Å². The smallest absolute Gasteiger partial charge is 0.219 e. The monoisotopic (exact) mass is 224 g/mol. The average molecular weight is 224 g/mol. The summed E-state index contributed by atoms with van der Waals surface area (Å²) in [6.45, 7) is 1.96. The molecule has 0 aromatic heterocycles. The first-order valence-corrected chi connectivity index (χ1v) is 5.15. The number of rotatable bonds is 5. The quantitative estimate of drug-likeness (QED) is 0.775. The van der Waals surface area contributed by atoms with E-state index >= 15 is 0 Å². The van der Waals surface area contributed by atoms with Crippen LogP contribution in [0, 0.1) is 18.8 Å². The zero-order valence-corrected chi connectivity index (χ0v) is 9.47. The molecule has 0 spiro atoms. The van der Waals surface area contributed by atoms with E-state index in [4.69, 9.17) is 4.74 Å². The largest absolute Gasteiger partial charge is 0.490 e. The fraction of sp³-hybridized carbons (Fsp3) is 0.417. The van der Waals surface area contributed by atoms with Crippen molar-refractivity contribution in [3.05, 3.63) is 29.6 Å². The number of ether oxygens (including phenoxy) is 1. The Labute approximate surface area is 94.6 Å². The molecule has 16 heavy (non-hydrogen) atoms. The van der Waals surface area contributed by atoms with Gasteiger partial charge in [0.25, 0.3) is 0 Å². The fourth-order valence-electron chi connectivity index (χ4n) is 1.22. The summed E-state index contributed by atoms with van der Waals surface area (Å²) in [7, 11) is 1.58. The van der Waals surface area contributed by atoms with Crippen LogP contribution in [0.25, 0.3) is 0 Å². The molecule has 0 heterocycles. The lowest BCUT2D eigenvalue weighted by Gasteiger charge is -2.07. The number of hydrogen-bond acceptors (Lipinski definition) is 2. The first-order valence-electron chi connectivity index (χ1n) is 5.15. The van der Waals surface area contributed by atoms with Gasteiger partial charge in [-0.3, -0.25) is 4.79 Å². The van der Waals surface area contributed by atoms with Crippen LogP contribution in [0.1, 0.15) is 18.4 Å². The Morgan fingerprint density at radius 3 is 3.06 bits per heavy atom. The van der Waals surface area contributed by atoms with Gasteiger partial charge >= 0.3 is 0 Å². The Hall–Kier alpha value is -1.58. The van der Waals surface area contributed by atoms with Gasteiger partial charge in [0.15, 0.2) is 11.6 Å². The molecule has 3 nitrogen and oxygen atoms in total. The molecule has 1 aromatic rings. The second-order valence-electron chi connectivity index (χ2n) is 3.41. The number of carbonyl (C=O) groups is 1. The molecule has 0 atom stereocenters. The Balaban J connectivity index is 2.38. The summed E-state index contributed by atoms with van der Waals surface area (Å²) in [5.41, 5.74) is 0.434. The van der Waals surface area contributed by atoms with Gasteiger partial charge in [0, 0.05) is 13.5 Å². The Kier molecular flexibility index (Phi) is 4.76. The van der Waals surface area contributed by atoms with Crippen molar-refractivity contribution in [1.29, 1.82) is 0 Å². The maximum absolute atomic E-state index is 13.4. The second kappa shape index (κ2) is 6.10. The van der Waals surface area contributed by atoms with Crippen molar-refractivity contribution in [3.8, 4) is 5.75 Å². The van der Waals surface area contributed by atoms with Gasteiger partial charge < -0.3 is 10.1 Å². The van der Waals surface area contributed by atoms with Crippen LogP contribution in [0.3, 0.4) is 0 Å². The summed E-state index contributed by atoms with van der Waals surface area (Å²) in [6.07, 6.45) is 0.951. The van der Waals surface area contributed by atoms with E-state index in [1.54, 1.807) is 20.0 Å². The molecular formula is C12H15FNO2. The zero-order chi connectivity index (χ0) is 12.0. The molecular weight excluding hydrogens is 209 g/mol. The number of amides is 1. The number of aryl methyl sites for hydroxylation is 1. The van der Waals surface area contributed by atoms with Crippen molar-refractivity contribution >= 4 is 5.91 Å². The highest BCUT2D eigenvalue weighted by Crippen LogP contribution is 2.19. The molecule has 0 saturated carbocycles. The molecule has 1 rings (SSSR count). The third-order valence-electron chi connectivity index (χ3n) is 2.16. The molecule has 0 aliphatic carbocycles. The van der Waals surface area contributed by atoms with E-state index in [9.17, 15) is 9.18 Å². The fourth-order valence-corrected chi connectivity index (χ4v) is 1.22. The SMILES string of the molecule is CNC(=O)CCCOc1cc[c]c(C)c1F. The van der Waals surface area contributed by atoms with Crippen LogP contribution < -0.4 is 10.1 Å². The minimum absolute atomic E-state index is 0.0401. The summed E-state index contributed by atoms with van der Waals surface area (Å²) >= 11 is 0. The molecule has 0 saturated heterocycles. The van der Waals surface area contributed by atoms with Crippen molar-refractivity contribution in [1.82, 2.24) is 5.32 Å². The molecule has 0 aliphatic heterocycles. The Morgan fingerprint density at radius 1 is 1.62 bits per heavy atom. The minimum Gasteiger partial charge on any atom is -0.490 e. The number of benzene rings is 1. The van der Waals surface area contributed by atoms with Gasteiger partial charge in [0.2, 0.25) is 5.91 Å². The van der Waals surface area contributed by atoms with Crippen LogP contribution in [0.4, 0.5) is 4.39 Å². The molecule has 0 aliphatic rings. The van der Waals surface area contributed by atoms with Crippen molar-refractivity contribution < 1.29 is 13.9 Å². The van der Waals surface area contributed by atoms with E-state index in [1.807, 2.05) is 0 Å². The van der Waals surface area contributed by atoms with Crippen molar-refractivity contribution in [2.24, 2.45) is 0 Å². The van der Waals surface area contributed by atoms with Gasteiger partial charge in [0.1, 0.15) is 0 Å². The number of halogens is 1. The molecule has 1 amide bonds. The number of carbonyl (C=O) groups excluding carboxylic acids is 1. The highest BCUT2D eigenvalue weighted by Gasteiger charge is 2.06. The summed E-state index contributed by atoms with van der Waals surface area (Å²) in [4.78, 5) is 10.9. The van der Waals surface area contributed by atoms with Crippen molar-refractivity contribution in [2.75, 3.05) is 13.7 Å². The third-order valence-corrected chi connectivity index (χ3v) is 2.16. The predicted molar refractivity (Wildman–Crippen MR) is 58.8 cm³/mol. The Morgan fingerprint density at radius 2 is 2.38 bits per heavy atom. The highest BCUT2D eigenvalue weighted by atomic mass is 19.1. The van der Waals surface area contributed by atoms with Gasteiger partial charge in [-0.05, 0) is 31.0 Å². The van der Waals surface area contributed by atoms with Crippen LogP contribution in [0.5, 0.6) is 5.75 Å². The van der Waals surface area contributed by atoms with E-state index in [1.165, 1.54) is 6.07 Å². The lowest BCUT2D eigenvalue weighted by atomic mass is 10.2. The molecule has 87 valence electrons. The lowest BCUT2D eigenvalue weighted by Crippen LogP contribution is -2.18. The van der Waals surface area contributed by atoms with Crippen molar-refractivity contribution in [3.63, 3.8) is 0 Å². The number of nitrogens with one attached hydrogen (secondary N) is 1. The van der Waals surface area contributed by atoms with E-state index in [0.29, 0.717) is 25.0 Å². The van der Waals surface area contributed by atoms with Crippen LogP contribution >= 0.6 is 0 Å². The van der Waals surface area contributed by atoms with Crippen LogP contribution in [-0.2, 0) is 4.79 Å². The molecule has 0 unspecified atom stereocenters. The minimum atomic E-state index is -0.387. The average Bonchev–Trinajstić information content (AvgIpc) is 2.29. The first-order chi connectivity index (χ1) is 7.65. The maximum atomic E-state index is 13.4. The van der Waals surface area contributed by atoms with Crippen molar-refractivity contribution in [2.45, 2.75) is 19.8 Å². The van der Waals surface area contributed by atoms with Gasteiger partial charge in [0.05, 0.1) is 6.61 Å². The molecule has 1 aromatic carbocycles. The molecule has 0 bridgehead atoms. The van der Waals surface area contributed by atoms with Gasteiger partial charge in [-0.1, -0.05) is 6.07 Å². The van der Waals surface area contributed by atoms with Gasteiger partial charge in [-0.25, -0.2) is 4.39 Å². The highest BCUT2D eigenvalue weighted by molar-refractivity contribution is 5.75. The summed E-state index contributed by atoms with van der Waals surface area (Å²) in [5, 5.41) is 2.51. The van der Waals surface area contributed by atoms with E-state index in [0.717, 1.165) is 0 Å². The van der Waals surface area contributed by atoms with Gasteiger partial charge in [-0.15, -0.1) is 0 Å². The van der Waals surface area contributed by atoms with Crippen LogP contribution in [0.15, 0.2) is 12.1 Å². The lowest BCUT2D eigenvalue weighted by molar-refractivity contribution is -0.120. The standard InChI is InChI=1S/C12H15FNO2/c1-9-5-3-6-10(12(9)13)16-8-4-7-11(15)14-2/h3,6H,4,7-8H2,1-2H3,(H,14,15). The second-order valence-corrected chi connectivity index (χ2v) is 3.41. The molecule has 1 radical (unpaired) electrons. The normalized spacial score (nSPS) is 9.94. The van der Waals surface area contributed by atoms with Gasteiger partial charge in [-0.2, -0.15) is 0 Å². The maximum Gasteiger partial charge on any atom is 0.219 e. The molecule has 4 heteroatoms. The first kappa shape index (κ1) is 12.5. The third kappa shape index (κ3) is 3.53. The summed E-state index contributed by atoms with van der Waals surface area (Å²) in [5.74, 6) is -0.211. The predicted octanol–water partition coefficient (Wildman–Crippen LogP) is 1.84.